The van der Waals surface area contributed by atoms with Crippen LogP contribution in [-0.4, -0.2) is 17.4 Å². The van der Waals surface area contributed by atoms with Crippen molar-refractivity contribution in [3.8, 4) is 0 Å². The van der Waals surface area contributed by atoms with Crippen LogP contribution in [0.15, 0.2) is 12.1 Å². The summed E-state index contributed by atoms with van der Waals surface area (Å²) in [4.78, 5) is 18.7. The van der Waals surface area contributed by atoms with Crippen molar-refractivity contribution in [2.45, 2.75) is 46.0 Å². The normalized spacial score (nSPS) is 17.8. The van der Waals surface area contributed by atoms with Gasteiger partial charge in [0.05, 0.1) is 5.41 Å². The summed E-state index contributed by atoms with van der Waals surface area (Å²) in [5.74, 6) is 1.40. The molecule has 17 heavy (non-hydrogen) atoms. The van der Waals surface area contributed by atoms with E-state index < -0.39 is 5.41 Å². The minimum Gasteiger partial charge on any atom is -0.296 e. The Balaban J connectivity index is 2.59. The molecule has 2 rings (SSSR count). The van der Waals surface area contributed by atoms with E-state index in [0.717, 1.165) is 17.1 Å². The quantitative estimate of drug-likeness (QED) is 0.785. The lowest BCUT2D eigenvalue weighted by atomic mass is 9.87. The van der Waals surface area contributed by atoms with Gasteiger partial charge in [0.1, 0.15) is 5.82 Å². The summed E-state index contributed by atoms with van der Waals surface area (Å²) >= 11 is 0. The van der Waals surface area contributed by atoms with E-state index in [9.17, 15) is 4.79 Å². The smallest absolute Gasteiger partial charge is 0.238 e. The van der Waals surface area contributed by atoms with Gasteiger partial charge in [0.2, 0.25) is 5.91 Å². The number of carbonyl (C=O) groups is 1. The standard InChI is InChI=1S/C14H20N2O/c1-6-16-12-10(14(4,5)13(16)17)7-8-11(15-12)9(2)3/h7-9H,6H2,1-5H3. The van der Waals surface area contributed by atoms with Gasteiger partial charge in [-0.15, -0.1) is 0 Å². The van der Waals surface area contributed by atoms with Crippen LogP contribution in [0.5, 0.6) is 0 Å². The number of carbonyl (C=O) groups excluding carboxylic acids is 1. The summed E-state index contributed by atoms with van der Waals surface area (Å²) in [5, 5.41) is 0. The minimum atomic E-state index is -0.437. The first-order chi connectivity index (χ1) is 7.89. The number of pyridine rings is 1. The van der Waals surface area contributed by atoms with Gasteiger partial charge in [0, 0.05) is 17.8 Å². The summed E-state index contributed by atoms with van der Waals surface area (Å²) in [6.07, 6.45) is 0. The summed E-state index contributed by atoms with van der Waals surface area (Å²) in [5.41, 5.74) is 1.66. The number of aromatic nitrogens is 1. The third kappa shape index (κ3) is 1.65. The van der Waals surface area contributed by atoms with E-state index in [0.29, 0.717) is 12.5 Å². The number of rotatable bonds is 2. The van der Waals surface area contributed by atoms with Crippen LogP contribution in [0.2, 0.25) is 0 Å². The number of nitrogens with zero attached hydrogens (tertiary/aromatic N) is 2. The Morgan fingerprint density at radius 2 is 2.00 bits per heavy atom. The van der Waals surface area contributed by atoms with Crippen molar-refractivity contribution < 1.29 is 4.79 Å². The van der Waals surface area contributed by atoms with Gasteiger partial charge in [-0.05, 0) is 32.8 Å². The fraction of sp³-hybridized carbons (Fsp3) is 0.571. The van der Waals surface area contributed by atoms with E-state index in [1.807, 2.05) is 26.8 Å². The van der Waals surface area contributed by atoms with E-state index >= 15 is 0 Å². The van der Waals surface area contributed by atoms with Gasteiger partial charge in [-0.1, -0.05) is 19.9 Å². The monoisotopic (exact) mass is 232 g/mol. The second kappa shape index (κ2) is 3.83. The van der Waals surface area contributed by atoms with E-state index in [4.69, 9.17) is 0 Å². The maximum atomic E-state index is 12.3. The van der Waals surface area contributed by atoms with Crippen LogP contribution in [0.3, 0.4) is 0 Å². The molecule has 0 saturated carbocycles. The molecule has 1 aromatic heterocycles. The van der Waals surface area contributed by atoms with Gasteiger partial charge in [0.15, 0.2) is 0 Å². The molecule has 2 heterocycles. The van der Waals surface area contributed by atoms with Gasteiger partial charge in [0.25, 0.3) is 0 Å². The van der Waals surface area contributed by atoms with Crippen molar-refractivity contribution >= 4 is 11.7 Å². The second-order valence-corrected chi connectivity index (χ2v) is 5.44. The molecule has 1 aliphatic heterocycles. The molecule has 92 valence electrons. The highest BCUT2D eigenvalue weighted by molar-refractivity contribution is 6.06. The van der Waals surface area contributed by atoms with Crippen LogP contribution in [0, 0.1) is 0 Å². The lowest BCUT2D eigenvalue weighted by Gasteiger charge is -2.17. The molecular formula is C14H20N2O. The van der Waals surface area contributed by atoms with Crippen molar-refractivity contribution in [1.29, 1.82) is 0 Å². The molecule has 3 heteroatoms. The number of hydrogen-bond acceptors (Lipinski definition) is 2. The number of fused-ring (bicyclic) bond motifs is 1. The Morgan fingerprint density at radius 3 is 2.53 bits per heavy atom. The third-order valence-electron chi connectivity index (χ3n) is 3.51. The molecule has 0 saturated heterocycles. The maximum Gasteiger partial charge on any atom is 0.238 e. The fourth-order valence-corrected chi connectivity index (χ4v) is 2.32. The lowest BCUT2D eigenvalue weighted by Crippen LogP contribution is -2.36. The molecule has 0 unspecified atom stereocenters. The number of amides is 1. The van der Waals surface area contributed by atoms with Crippen molar-refractivity contribution in [3.05, 3.63) is 23.4 Å². The van der Waals surface area contributed by atoms with Crippen LogP contribution in [0.25, 0.3) is 0 Å². The molecule has 1 aromatic rings. The molecule has 0 radical (unpaired) electrons. The first-order valence-corrected chi connectivity index (χ1v) is 6.23. The van der Waals surface area contributed by atoms with Crippen molar-refractivity contribution in [2.24, 2.45) is 0 Å². The molecule has 0 atom stereocenters. The maximum absolute atomic E-state index is 12.3. The molecule has 0 aromatic carbocycles. The molecule has 0 fully saturated rings. The minimum absolute atomic E-state index is 0.156. The Morgan fingerprint density at radius 1 is 1.35 bits per heavy atom. The fourth-order valence-electron chi connectivity index (χ4n) is 2.32. The first-order valence-electron chi connectivity index (χ1n) is 6.23. The van der Waals surface area contributed by atoms with Crippen LogP contribution < -0.4 is 4.90 Å². The van der Waals surface area contributed by atoms with Crippen LogP contribution in [0.1, 0.15) is 51.8 Å². The molecule has 0 bridgehead atoms. The largest absolute Gasteiger partial charge is 0.296 e. The van der Waals surface area contributed by atoms with Gasteiger partial charge in [-0.3, -0.25) is 9.69 Å². The predicted molar refractivity (Wildman–Crippen MR) is 69.4 cm³/mol. The molecular weight excluding hydrogens is 212 g/mol. The highest BCUT2D eigenvalue weighted by atomic mass is 16.2. The summed E-state index contributed by atoms with van der Waals surface area (Å²) in [6, 6.07) is 4.10. The van der Waals surface area contributed by atoms with Crippen LogP contribution in [-0.2, 0) is 10.2 Å². The van der Waals surface area contributed by atoms with Gasteiger partial charge in [-0.25, -0.2) is 4.98 Å². The van der Waals surface area contributed by atoms with E-state index in [-0.39, 0.29) is 5.91 Å². The SMILES string of the molecule is CCN1C(=O)C(C)(C)c2ccc(C(C)C)nc21. The Kier molecular flexibility index (Phi) is 2.72. The zero-order valence-corrected chi connectivity index (χ0v) is 11.2. The Hall–Kier alpha value is -1.38. The predicted octanol–water partition coefficient (Wildman–Crippen LogP) is 2.85. The second-order valence-electron chi connectivity index (χ2n) is 5.44. The number of likely N-dealkylation sites (N-methyl/N-ethyl adjacent to an activating group) is 1. The molecule has 3 nitrogen and oxygen atoms in total. The zero-order valence-electron chi connectivity index (χ0n) is 11.2. The average Bonchev–Trinajstić information content (AvgIpc) is 2.47. The topological polar surface area (TPSA) is 33.2 Å². The van der Waals surface area contributed by atoms with Crippen LogP contribution >= 0.6 is 0 Å². The Labute approximate surface area is 103 Å². The van der Waals surface area contributed by atoms with Gasteiger partial charge >= 0.3 is 0 Å². The lowest BCUT2D eigenvalue weighted by molar-refractivity contribution is -0.122. The average molecular weight is 232 g/mol. The van der Waals surface area contributed by atoms with Crippen molar-refractivity contribution in [1.82, 2.24) is 4.98 Å². The van der Waals surface area contributed by atoms with Crippen molar-refractivity contribution in [2.75, 3.05) is 11.4 Å². The third-order valence-corrected chi connectivity index (χ3v) is 3.51. The molecule has 0 aliphatic carbocycles. The summed E-state index contributed by atoms with van der Waals surface area (Å²) in [6.45, 7) is 10.9. The van der Waals surface area contributed by atoms with E-state index in [2.05, 4.69) is 24.9 Å². The highest BCUT2D eigenvalue weighted by Crippen LogP contribution is 2.40. The van der Waals surface area contributed by atoms with Crippen LogP contribution in [0.4, 0.5) is 5.82 Å². The highest BCUT2D eigenvalue weighted by Gasteiger charge is 2.44. The Bertz CT molecular complexity index is 463. The molecule has 1 aliphatic rings. The molecule has 1 amide bonds. The molecule has 0 spiro atoms. The first kappa shape index (κ1) is 12.1. The number of hydrogen-bond donors (Lipinski definition) is 0. The van der Waals surface area contributed by atoms with E-state index in [1.54, 1.807) is 4.90 Å². The van der Waals surface area contributed by atoms with Gasteiger partial charge in [-0.2, -0.15) is 0 Å². The van der Waals surface area contributed by atoms with E-state index in [1.165, 1.54) is 0 Å². The number of anilines is 1. The molecule has 0 N–H and O–H groups in total. The summed E-state index contributed by atoms with van der Waals surface area (Å²) in [7, 11) is 0. The zero-order chi connectivity index (χ0) is 12.8. The van der Waals surface area contributed by atoms with Gasteiger partial charge < -0.3 is 0 Å². The van der Waals surface area contributed by atoms with Crippen molar-refractivity contribution in [3.63, 3.8) is 0 Å². The summed E-state index contributed by atoms with van der Waals surface area (Å²) < 4.78 is 0.